The molecule has 2 aromatic rings. The van der Waals surface area contributed by atoms with Crippen LogP contribution in [-0.4, -0.2) is 46.5 Å². The summed E-state index contributed by atoms with van der Waals surface area (Å²) in [7, 11) is 1.93. The molecule has 0 N–H and O–H groups in total. The molecule has 140 valence electrons. The molecule has 1 spiro atoms. The van der Waals surface area contributed by atoms with Crippen LogP contribution in [0, 0.1) is 16.7 Å². The van der Waals surface area contributed by atoms with E-state index in [1.807, 2.05) is 42.1 Å². The Hall–Kier alpha value is -2.58. The fourth-order valence-corrected chi connectivity index (χ4v) is 4.67. The van der Waals surface area contributed by atoms with Crippen LogP contribution < -0.4 is 0 Å². The third kappa shape index (κ3) is 3.63. The van der Waals surface area contributed by atoms with Crippen LogP contribution in [0.5, 0.6) is 0 Å². The van der Waals surface area contributed by atoms with Crippen molar-refractivity contribution in [3.63, 3.8) is 0 Å². The number of benzene rings is 1. The van der Waals surface area contributed by atoms with Gasteiger partial charge in [0.15, 0.2) is 0 Å². The van der Waals surface area contributed by atoms with E-state index in [9.17, 15) is 4.79 Å². The van der Waals surface area contributed by atoms with E-state index in [0.29, 0.717) is 5.56 Å². The standard InChI is InChI=1S/C22H26N4O/c1-24-11-2-4-20(24)21(27)26-12-3-9-22(17-26)10-13-25(16-22)15-19-7-5-18(14-23)6-8-19/h2,4-8,11H,3,9-10,12-13,15-17H2,1H3/t22-/m0/s1. The minimum absolute atomic E-state index is 0.159. The molecule has 1 aromatic heterocycles. The number of aryl methyl sites for hydroxylation is 1. The molecule has 2 fully saturated rings. The Morgan fingerprint density at radius 1 is 1.15 bits per heavy atom. The Bertz CT molecular complexity index is 863. The van der Waals surface area contributed by atoms with Crippen LogP contribution in [0.1, 0.15) is 40.9 Å². The normalized spacial score (nSPS) is 22.9. The second kappa shape index (κ2) is 7.21. The molecule has 5 nitrogen and oxygen atoms in total. The molecular weight excluding hydrogens is 336 g/mol. The number of piperidine rings is 1. The molecule has 0 aliphatic carbocycles. The fraction of sp³-hybridized carbons (Fsp3) is 0.455. The van der Waals surface area contributed by atoms with E-state index in [2.05, 4.69) is 28.0 Å². The van der Waals surface area contributed by atoms with E-state index in [-0.39, 0.29) is 11.3 Å². The first kappa shape index (κ1) is 17.8. The Labute approximate surface area is 160 Å². The smallest absolute Gasteiger partial charge is 0.270 e. The topological polar surface area (TPSA) is 52.3 Å². The van der Waals surface area contributed by atoms with Crippen LogP contribution in [0.4, 0.5) is 0 Å². The molecule has 27 heavy (non-hydrogen) atoms. The van der Waals surface area contributed by atoms with Crippen LogP contribution in [-0.2, 0) is 13.6 Å². The zero-order valence-electron chi connectivity index (χ0n) is 15.9. The highest BCUT2D eigenvalue weighted by Crippen LogP contribution is 2.39. The second-order valence-corrected chi connectivity index (χ2v) is 8.10. The van der Waals surface area contributed by atoms with Crippen molar-refractivity contribution in [1.29, 1.82) is 5.26 Å². The van der Waals surface area contributed by atoms with Gasteiger partial charge in [-0.1, -0.05) is 12.1 Å². The number of amides is 1. The minimum atomic E-state index is 0.159. The summed E-state index contributed by atoms with van der Waals surface area (Å²) in [5.74, 6) is 0.159. The minimum Gasteiger partial charge on any atom is -0.347 e. The highest BCUT2D eigenvalue weighted by atomic mass is 16.2. The molecule has 1 aromatic carbocycles. The van der Waals surface area contributed by atoms with Crippen molar-refractivity contribution >= 4 is 5.91 Å². The van der Waals surface area contributed by atoms with Gasteiger partial charge in [-0.2, -0.15) is 5.26 Å². The number of rotatable bonds is 3. The summed E-state index contributed by atoms with van der Waals surface area (Å²) in [5.41, 5.74) is 2.96. The molecule has 2 aliphatic rings. The maximum absolute atomic E-state index is 12.9. The van der Waals surface area contributed by atoms with Gasteiger partial charge < -0.3 is 9.47 Å². The zero-order chi connectivity index (χ0) is 18.9. The Morgan fingerprint density at radius 2 is 1.96 bits per heavy atom. The highest BCUT2D eigenvalue weighted by Gasteiger charge is 2.42. The quantitative estimate of drug-likeness (QED) is 0.843. The predicted molar refractivity (Wildman–Crippen MR) is 104 cm³/mol. The van der Waals surface area contributed by atoms with Crippen LogP contribution >= 0.6 is 0 Å². The first-order valence-corrected chi connectivity index (χ1v) is 9.71. The summed E-state index contributed by atoms with van der Waals surface area (Å²) in [6, 6.07) is 13.9. The molecule has 3 heterocycles. The number of nitrogens with zero attached hydrogens (tertiary/aromatic N) is 4. The van der Waals surface area contributed by atoms with Gasteiger partial charge in [0.2, 0.25) is 0 Å². The van der Waals surface area contributed by atoms with Gasteiger partial charge in [-0.25, -0.2) is 0 Å². The van der Waals surface area contributed by atoms with Crippen molar-refractivity contribution in [1.82, 2.24) is 14.4 Å². The van der Waals surface area contributed by atoms with E-state index < -0.39 is 0 Å². The second-order valence-electron chi connectivity index (χ2n) is 8.10. The van der Waals surface area contributed by atoms with E-state index >= 15 is 0 Å². The van der Waals surface area contributed by atoms with Gasteiger partial charge in [0.25, 0.3) is 5.91 Å². The van der Waals surface area contributed by atoms with Crippen LogP contribution in [0.3, 0.4) is 0 Å². The van der Waals surface area contributed by atoms with Gasteiger partial charge in [-0.05, 0) is 55.6 Å². The lowest BCUT2D eigenvalue weighted by atomic mass is 9.79. The fourth-order valence-electron chi connectivity index (χ4n) is 4.67. The van der Waals surface area contributed by atoms with Gasteiger partial charge in [-0.15, -0.1) is 0 Å². The highest BCUT2D eigenvalue weighted by molar-refractivity contribution is 5.92. The summed E-state index contributed by atoms with van der Waals surface area (Å²) >= 11 is 0. The van der Waals surface area contributed by atoms with Gasteiger partial charge >= 0.3 is 0 Å². The van der Waals surface area contributed by atoms with Crippen molar-refractivity contribution in [2.75, 3.05) is 26.2 Å². The van der Waals surface area contributed by atoms with Crippen molar-refractivity contribution in [3.8, 4) is 6.07 Å². The molecule has 0 radical (unpaired) electrons. The zero-order valence-corrected chi connectivity index (χ0v) is 15.9. The summed E-state index contributed by atoms with van der Waals surface area (Å²) in [6.07, 6.45) is 5.37. The van der Waals surface area contributed by atoms with E-state index in [1.165, 1.54) is 12.0 Å². The lowest BCUT2D eigenvalue weighted by molar-refractivity contribution is 0.0518. The van der Waals surface area contributed by atoms with Gasteiger partial charge in [-0.3, -0.25) is 9.69 Å². The Balaban J connectivity index is 1.41. The Morgan fingerprint density at radius 3 is 2.67 bits per heavy atom. The van der Waals surface area contributed by atoms with E-state index in [4.69, 9.17) is 5.26 Å². The Kier molecular flexibility index (Phi) is 4.75. The number of likely N-dealkylation sites (tertiary alicyclic amines) is 2. The van der Waals surface area contributed by atoms with Crippen molar-refractivity contribution in [2.24, 2.45) is 12.5 Å². The number of carbonyl (C=O) groups is 1. The number of aromatic nitrogens is 1. The molecule has 1 amide bonds. The van der Waals surface area contributed by atoms with Gasteiger partial charge in [0, 0.05) is 44.8 Å². The predicted octanol–water partition coefficient (Wildman–Crippen LogP) is 3.03. The molecule has 0 bridgehead atoms. The van der Waals surface area contributed by atoms with Crippen molar-refractivity contribution < 1.29 is 4.79 Å². The number of hydrogen-bond acceptors (Lipinski definition) is 3. The van der Waals surface area contributed by atoms with Crippen LogP contribution in [0.2, 0.25) is 0 Å². The first-order chi connectivity index (χ1) is 13.1. The van der Waals surface area contributed by atoms with E-state index in [1.54, 1.807) is 0 Å². The number of hydrogen-bond donors (Lipinski definition) is 0. The molecular formula is C22H26N4O. The summed E-state index contributed by atoms with van der Waals surface area (Å²) in [6.45, 7) is 4.76. The maximum Gasteiger partial charge on any atom is 0.270 e. The SMILES string of the molecule is Cn1cccc1C(=O)N1CCC[C@@]2(CCN(Cc3ccc(C#N)cc3)C2)C1. The lowest BCUT2D eigenvalue weighted by Crippen LogP contribution is -2.47. The molecule has 0 saturated carbocycles. The molecule has 5 heteroatoms. The third-order valence-electron chi connectivity index (χ3n) is 6.12. The van der Waals surface area contributed by atoms with Crippen LogP contribution in [0.25, 0.3) is 0 Å². The van der Waals surface area contributed by atoms with Crippen molar-refractivity contribution in [3.05, 3.63) is 59.4 Å². The average molecular weight is 362 g/mol. The molecule has 4 rings (SSSR count). The van der Waals surface area contributed by atoms with E-state index in [0.717, 1.165) is 51.3 Å². The summed E-state index contributed by atoms with van der Waals surface area (Å²) in [5, 5.41) is 8.94. The van der Waals surface area contributed by atoms with Gasteiger partial charge in [0.05, 0.1) is 11.6 Å². The first-order valence-electron chi connectivity index (χ1n) is 9.71. The average Bonchev–Trinajstić information content (AvgIpc) is 3.28. The monoisotopic (exact) mass is 362 g/mol. The maximum atomic E-state index is 12.9. The van der Waals surface area contributed by atoms with Crippen LogP contribution in [0.15, 0.2) is 42.6 Å². The molecule has 1 atom stereocenters. The van der Waals surface area contributed by atoms with Crippen molar-refractivity contribution in [2.45, 2.75) is 25.8 Å². The molecule has 2 saturated heterocycles. The third-order valence-corrected chi connectivity index (χ3v) is 6.12. The van der Waals surface area contributed by atoms with Gasteiger partial charge in [0.1, 0.15) is 5.69 Å². The largest absolute Gasteiger partial charge is 0.347 e. The molecule has 2 aliphatic heterocycles. The number of carbonyl (C=O) groups excluding carboxylic acids is 1. The lowest BCUT2D eigenvalue weighted by Gasteiger charge is -2.40. The summed E-state index contributed by atoms with van der Waals surface area (Å²) < 4.78 is 1.91. The molecule has 0 unspecified atom stereocenters. The summed E-state index contributed by atoms with van der Waals surface area (Å²) in [4.78, 5) is 17.5. The number of nitriles is 1.